The van der Waals surface area contributed by atoms with Gasteiger partial charge in [-0.2, -0.15) is 4.31 Å². The number of ether oxygens (including phenoxy) is 1. The second-order valence-electron chi connectivity index (χ2n) is 8.55. The summed E-state index contributed by atoms with van der Waals surface area (Å²) in [6.45, 7) is 8.78. The summed E-state index contributed by atoms with van der Waals surface area (Å²) in [4.78, 5) is 26.0. The lowest BCUT2D eigenvalue weighted by atomic mass is 10.0. The highest BCUT2D eigenvalue weighted by Gasteiger charge is 2.28. The van der Waals surface area contributed by atoms with E-state index in [1.54, 1.807) is 0 Å². The molecule has 1 heterocycles. The van der Waals surface area contributed by atoms with Gasteiger partial charge in [0.15, 0.2) is 0 Å². The highest BCUT2D eigenvalue weighted by molar-refractivity contribution is 7.89. The molecule has 1 atom stereocenters. The topological polar surface area (TPSA) is 105 Å². The van der Waals surface area contributed by atoms with Gasteiger partial charge >= 0.3 is 0 Å². The van der Waals surface area contributed by atoms with Gasteiger partial charge in [0.25, 0.3) is 5.91 Å². The Balaban J connectivity index is 1.76. The first-order valence-electron chi connectivity index (χ1n) is 11.0. The Morgan fingerprint density at radius 3 is 2.36 bits per heavy atom. The molecule has 178 valence electrons. The molecule has 0 saturated carbocycles. The molecule has 1 saturated heterocycles. The Kier molecular flexibility index (Phi) is 7.88. The molecule has 3 rings (SSSR count). The standard InChI is InChI=1S/C24H31N3O5S/c1-16(2)22(24(29)25-21-9-8-17(3)14-18(21)4)26-23(28)19-6-5-7-20(15-19)33(30,31)27-10-12-32-13-11-27/h5-9,14-16,22H,10-13H2,1-4H3,(H,25,29)(H,26,28)/t22-/m0/s1. The van der Waals surface area contributed by atoms with E-state index in [9.17, 15) is 18.0 Å². The minimum atomic E-state index is -3.73. The van der Waals surface area contributed by atoms with Gasteiger partial charge in [0.05, 0.1) is 18.1 Å². The van der Waals surface area contributed by atoms with E-state index in [0.717, 1.165) is 11.1 Å². The molecule has 2 amide bonds. The van der Waals surface area contributed by atoms with E-state index in [2.05, 4.69) is 10.6 Å². The van der Waals surface area contributed by atoms with Crippen molar-refractivity contribution in [3.8, 4) is 0 Å². The average molecular weight is 474 g/mol. The van der Waals surface area contributed by atoms with Gasteiger partial charge in [-0.1, -0.05) is 37.6 Å². The van der Waals surface area contributed by atoms with Crippen LogP contribution < -0.4 is 10.6 Å². The minimum absolute atomic E-state index is 0.0397. The summed E-state index contributed by atoms with van der Waals surface area (Å²) >= 11 is 0. The number of rotatable bonds is 7. The molecule has 9 heteroatoms. The molecule has 0 radical (unpaired) electrons. The van der Waals surface area contributed by atoms with E-state index in [-0.39, 0.29) is 35.4 Å². The van der Waals surface area contributed by atoms with Crippen LogP contribution >= 0.6 is 0 Å². The normalized spacial score (nSPS) is 15.8. The predicted octanol–water partition coefficient (Wildman–Crippen LogP) is 2.72. The van der Waals surface area contributed by atoms with E-state index in [0.29, 0.717) is 18.9 Å². The van der Waals surface area contributed by atoms with Crippen molar-refractivity contribution in [2.45, 2.75) is 38.6 Å². The summed E-state index contributed by atoms with van der Waals surface area (Å²) in [6, 6.07) is 10.8. The molecule has 0 aliphatic carbocycles. The van der Waals surface area contributed by atoms with E-state index in [1.807, 2.05) is 45.9 Å². The molecule has 0 aromatic heterocycles. The largest absolute Gasteiger partial charge is 0.379 e. The van der Waals surface area contributed by atoms with Crippen molar-refractivity contribution in [2.24, 2.45) is 5.92 Å². The number of benzene rings is 2. The Bertz CT molecular complexity index is 1120. The molecule has 2 N–H and O–H groups in total. The molecule has 2 aromatic rings. The number of carbonyl (C=O) groups is 2. The molecule has 8 nitrogen and oxygen atoms in total. The number of hydrogen-bond acceptors (Lipinski definition) is 5. The molecule has 1 aliphatic rings. The Labute approximate surface area is 195 Å². The first-order valence-corrected chi connectivity index (χ1v) is 12.4. The number of nitrogens with one attached hydrogen (secondary N) is 2. The lowest BCUT2D eigenvalue weighted by Crippen LogP contribution is -2.47. The van der Waals surface area contributed by atoms with Crippen LogP contribution in [0.25, 0.3) is 0 Å². The van der Waals surface area contributed by atoms with Crippen molar-refractivity contribution in [1.82, 2.24) is 9.62 Å². The second-order valence-corrected chi connectivity index (χ2v) is 10.5. The van der Waals surface area contributed by atoms with Crippen LogP contribution in [0.2, 0.25) is 0 Å². The smallest absolute Gasteiger partial charge is 0.251 e. The third-order valence-corrected chi connectivity index (χ3v) is 7.47. The molecular formula is C24H31N3O5S. The van der Waals surface area contributed by atoms with Gasteiger partial charge in [0.1, 0.15) is 6.04 Å². The number of carbonyl (C=O) groups excluding carboxylic acids is 2. The van der Waals surface area contributed by atoms with E-state index < -0.39 is 22.0 Å². The van der Waals surface area contributed by atoms with E-state index in [1.165, 1.54) is 28.6 Å². The number of anilines is 1. The summed E-state index contributed by atoms with van der Waals surface area (Å²) in [6.07, 6.45) is 0. The van der Waals surface area contributed by atoms with Crippen molar-refractivity contribution in [1.29, 1.82) is 0 Å². The number of nitrogens with zero attached hydrogens (tertiary/aromatic N) is 1. The first-order chi connectivity index (χ1) is 15.6. The number of hydrogen-bond donors (Lipinski definition) is 2. The fourth-order valence-electron chi connectivity index (χ4n) is 3.66. The van der Waals surface area contributed by atoms with Gasteiger partial charge < -0.3 is 15.4 Å². The van der Waals surface area contributed by atoms with Crippen LogP contribution in [0.1, 0.15) is 35.3 Å². The Morgan fingerprint density at radius 2 is 1.73 bits per heavy atom. The molecule has 2 aromatic carbocycles. The summed E-state index contributed by atoms with van der Waals surface area (Å²) in [7, 11) is -3.73. The van der Waals surface area contributed by atoms with Crippen molar-refractivity contribution < 1.29 is 22.7 Å². The van der Waals surface area contributed by atoms with E-state index in [4.69, 9.17) is 4.74 Å². The quantitative estimate of drug-likeness (QED) is 0.643. The van der Waals surface area contributed by atoms with Gasteiger partial charge in [-0.3, -0.25) is 9.59 Å². The zero-order valence-electron chi connectivity index (χ0n) is 19.4. The second kappa shape index (κ2) is 10.5. The van der Waals surface area contributed by atoms with Crippen molar-refractivity contribution >= 4 is 27.5 Å². The number of amides is 2. The monoisotopic (exact) mass is 473 g/mol. The number of morpholine rings is 1. The maximum atomic E-state index is 13.0. The predicted molar refractivity (Wildman–Crippen MR) is 127 cm³/mol. The first kappa shape index (κ1) is 24.9. The number of aryl methyl sites for hydroxylation is 2. The number of sulfonamides is 1. The summed E-state index contributed by atoms with van der Waals surface area (Å²) in [5, 5.41) is 5.65. The maximum Gasteiger partial charge on any atom is 0.251 e. The van der Waals surface area contributed by atoms with Crippen LogP contribution in [0, 0.1) is 19.8 Å². The van der Waals surface area contributed by atoms with Crippen molar-refractivity contribution in [3.63, 3.8) is 0 Å². The highest BCUT2D eigenvalue weighted by Crippen LogP contribution is 2.20. The summed E-state index contributed by atoms with van der Waals surface area (Å²) in [5.41, 5.74) is 2.88. The molecule has 0 bridgehead atoms. The van der Waals surface area contributed by atoms with Crippen LogP contribution in [-0.2, 0) is 19.6 Å². The Morgan fingerprint density at radius 1 is 1.03 bits per heavy atom. The molecule has 33 heavy (non-hydrogen) atoms. The van der Waals surface area contributed by atoms with Gasteiger partial charge in [0.2, 0.25) is 15.9 Å². The zero-order valence-corrected chi connectivity index (χ0v) is 20.2. The minimum Gasteiger partial charge on any atom is -0.379 e. The summed E-state index contributed by atoms with van der Waals surface area (Å²) < 4.78 is 32.4. The lowest BCUT2D eigenvalue weighted by Gasteiger charge is -2.26. The van der Waals surface area contributed by atoms with Crippen molar-refractivity contribution in [3.05, 3.63) is 59.2 Å². The fraction of sp³-hybridized carbons (Fsp3) is 0.417. The fourth-order valence-corrected chi connectivity index (χ4v) is 5.11. The lowest BCUT2D eigenvalue weighted by molar-refractivity contribution is -0.118. The van der Waals surface area contributed by atoms with Gasteiger partial charge in [-0.15, -0.1) is 0 Å². The van der Waals surface area contributed by atoms with Gasteiger partial charge in [-0.05, 0) is 49.6 Å². The van der Waals surface area contributed by atoms with Crippen molar-refractivity contribution in [2.75, 3.05) is 31.6 Å². The maximum absolute atomic E-state index is 13.0. The molecule has 1 aliphatic heterocycles. The van der Waals surface area contributed by atoms with Crippen LogP contribution in [-0.4, -0.2) is 56.9 Å². The third kappa shape index (κ3) is 5.98. The van der Waals surface area contributed by atoms with E-state index >= 15 is 0 Å². The molecule has 0 unspecified atom stereocenters. The SMILES string of the molecule is Cc1ccc(NC(=O)[C@@H](NC(=O)c2cccc(S(=O)(=O)N3CCOCC3)c2)C(C)C)c(C)c1. The zero-order chi connectivity index (χ0) is 24.2. The van der Waals surface area contributed by atoms with Gasteiger partial charge in [-0.25, -0.2) is 8.42 Å². The average Bonchev–Trinajstić information content (AvgIpc) is 2.79. The van der Waals surface area contributed by atoms with Crippen LogP contribution in [0.15, 0.2) is 47.4 Å². The summed E-state index contributed by atoms with van der Waals surface area (Å²) in [5.74, 6) is -1.02. The van der Waals surface area contributed by atoms with Gasteiger partial charge in [0, 0.05) is 24.3 Å². The Hall–Kier alpha value is -2.75. The highest BCUT2D eigenvalue weighted by atomic mass is 32.2. The van der Waals surface area contributed by atoms with Crippen LogP contribution in [0.4, 0.5) is 5.69 Å². The molecule has 0 spiro atoms. The third-order valence-electron chi connectivity index (χ3n) is 5.58. The van der Waals surface area contributed by atoms with Crippen LogP contribution in [0.5, 0.6) is 0 Å². The molecular weight excluding hydrogens is 442 g/mol. The van der Waals surface area contributed by atoms with Crippen LogP contribution in [0.3, 0.4) is 0 Å². The molecule has 1 fully saturated rings.